The Morgan fingerprint density at radius 1 is 1.21 bits per heavy atom. The summed E-state index contributed by atoms with van der Waals surface area (Å²) in [7, 11) is 0. The normalized spacial score (nSPS) is 24.2. The number of rotatable bonds is 6. The van der Waals surface area contributed by atoms with Crippen LogP contribution in [0.3, 0.4) is 0 Å². The minimum atomic E-state index is 0.403. The molecule has 1 aliphatic heterocycles. The van der Waals surface area contributed by atoms with Gasteiger partial charge in [-0.15, -0.1) is 0 Å². The second kappa shape index (κ2) is 8.26. The molecule has 0 saturated carbocycles. The lowest BCUT2D eigenvalue weighted by Gasteiger charge is -2.30. The Hall–Kier alpha value is -0.0800. The summed E-state index contributed by atoms with van der Waals surface area (Å²) in [4.78, 5) is 2.68. The molecule has 0 bridgehead atoms. The predicted molar refractivity (Wildman–Crippen MR) is 85.3 cm³/mol. The monoisotopic (exact) mass is 268 g/mol. The van der Waals surface area contributed by atoms with E-state index in [2.05, 4.69) is 32.6 Å². The van der Waals surface area contributed by atoms with Crippen LogP contribution in [-0.2, 0) is 0 Å². The highest BCUT2D eigenvalue weighted by Crippen LogP contribution is 2.26. The molecule has 2 unspecified atom stereocenters. The third-order valence-electron chi connectivity index (χ3n) is 4.39. The van der Waals surface area contributed by atoms with Gasteiger partial charge in [-0.1, -0.05) is 40.5 Å². The highest BCUT2D eigenvalue weighted by atomic mass is 15.1. The van der Waals surface area contributed by atoms with Gasteiger partial charge < -0.3 is 10.6 Å². The van der Waals surface area contributed by atoms with Crippen LogP contribution in [0.4, 0.5) is 0 Å². The molecule has 0 spiro atoms. The molecule has 114 valence electrons. The smallest absolute Gasteiger partial charge is 0.00219 e. The molecule has 0 aliphatic carbocycles. The molecule has 2 atom stereocenters. The molecule has 1 fully saturated rings. The van der Waals surface area contributed by atoms with E-state index in [4.69, 9.17) is 5.73 Å². The van der Waals surface area contributed by atoms with Gasteiger partial charge in [-0.05, 0) is 62.6 Å². The summed E-state index contributed by atoms with van der Waals surface area (Å²) < 4.78 is 0. The van der Waals surface area contributed by atoms with Crippen molar-refractivity contribution in [3.05, 3.63) is 0 Å². The first kappa shape index (κ1) is 17.0. The highest BCUT2D eigenvalue weighted by molar-refractivity contribution is 4.76. The van der Waals surface area contributed by atoms with Gasteiger partial charge in [-0.3, -0.25) is 0 Å². The molecule has 19 heavy (non-hydrogen) atoms. The molecular weight excluding hydrogens is 232 g/mol. The molecule has 1 saturated heterocycles. The van der Waals surface area contributed by atoms with E-state index in [0.29, 0.717) is 11.3 Å². The van der Waals surface area contributed by atoms with Crippen molar-refractivity contribution in [3.8, 4) is 0 Å². The second-order valence-electron chi connectivity index (χ2n) is 7.75. The van der Waals surface area contributed by atoms with Crippen LogP contribution in [0.25, 0.3) is 0 Å². The van der Waals surface area contributed by atoms with Crippen LogP contribution >= 0.6 is 0 Å². The molecule has 0 aromatic heterocycles. The van der Waals surface area contributed by atoms with Gasteiger partial charge in [0, 0.05) is 6.54 Å². The van der Waals surface area contributed by atoms with E-state index in [0.717, 1.165) is 12.5 Å². The molecular formula is C17H36N2. The van der Waals surface area contributed by atoms with Gasteiger partial charge in [-0.2, -0.15) is 0 Å². The Balaban J connectivity index is 2.38. The van der Waals surface area contributed by atoms with E-state index in [1.165, 1.54) is 58.2 Å². The largest absolute Gasteiger partial charge is 0.330 e. The van der Waals surface area contributed by atoms with Gasteiger partial charge in [-0.25, -0.2) is 0 Å². The molecule has 0 aromatic rings. The standard InChI is InChI=1S/C17H36N2/c1-5-7-15-8-6-10-19(11-9-15)14-16(13-18)12-17(2,3)4/h15-16H,5-14,18H2,1-4H3. The number of nitrogens with zero attached hydrogens (tertiary/aromatic N) is 1. The van der Waals surface area contributed by atoms with Crippen LogP contribution in [0.2, 0.25) is 0 Å². The Labute approximate surface area is 121 Å². The summed E-state index contributed by atoms with van der Waals surface area (Å²) in [6.07, 6.45) is 8.25. The summed E-state index contributed by atoms with van der Waals surface area (Å²) in [5, 5.41) is 0. The summed E-state index contributed by atoms with van der Waals surface area (Å²) in [5.41, 5.74) is 6.39. The van der Waals surface area contributed by atoms with Gasteiger partial charge in [0.25, 0.3) is 0 Å². The van der Waals surface area contributed by atoms with Crippen molar-refractivity contribution in [1.82, 2.24) is 4.90 Å². The van der Waals surface area contributed by atoms with E-state index < -0.39 is 0 Å². The lowest BCUT2D eigenvalue weighted by atomic mass is 9.84. The number of hydrogen-bond donors (Lipinski definition) is 1. The van der Waals surface area contributed by atoms with Crippen molar-refractivity contribution in [3.63, 3.8) is 0 Å². The van der Waals surface area contributed by atoms with Gasteiger partial charge in [0.1, 0.15) is 0 Å². The summed E-state index contributed by atoms with van der Waals surface area (Å²) >= 11 is 0. The molecule has 2 heteroatoms. The maximum atomic E-state index is 5.98. The topological polar surface area (TPSA) is 29.3 Å². The Morgan fingerprint density at radius 2 is 1.95 bits per heavy atom. The average molecular weight is 268 g/mol. The number of nitrogens with two attached hydrogens (primary N) is 1. The zero-order chi connectivity index (χ0) is 14.3. The fourth-order valence-electron chi connectivity index (χ4n) is 3.56. The maximum absolute atomic E-state index is 5.98. The van der Waals surface area contributed by atoms with Crippen molar-refractivity contribution in [2.45, 2.75) is 66.2 Å². The third kappa shape index (κ3) is 7.31. The summed E-state index contributed by atoms with van der Waals surface area (Å²) in [6.45, 7) is 13.9. The Morgan fingerprint density at radius 3 is 2.53 bits per heavy atom. The van der Waals surface area contributed by atoms with Gasteiger partial charge >= 0.3 is 0 Å². The van der Waals surface area contributed by atoms with Crippen molar-refractivity contribution < 1.29 is 0 Å². The van der Waals surface area contributed by atoms with E-state index in [9.17, 15) is 0 Å². The van der Waals surface area contributed by atoms with Gasteiger partial charge in [0.05, 0.1) is 0 Å². The summed E-state index contributed by atoms with van der Waals surface area (Å²) in [6, 6.07) is 0. The van der Waals surface area contributed by atoms with Crippen LogP contribution in [0.15, 0.2) is 0 Å². The van der Waals surface area contributed by atoms with Crippen molar-refractivity contribution >= 4 is 0 Å². The molecule has 1 aliphatic rings. The Kier molecular flexibility index (Phi) is 7.38. The molecule has 0 radical (unpaired) electrons. The Bertz CT molecular complexity index is 232. The van der Waals surface area contributed by atoms with Crippen LogP contribution in [0.1, 0.15) is 66.2 Å². The maximum Gasteiger partial charge on any atom is 0.00219 e. The average Bonchev–Trinajstić information content (AvgIpc) is 2.53. The fraction of sp³-hybridized carbons (Fsp3) is 1.00. The minimum absolute atomic E-state index is 0.403. The van der Waals surface area contributed by atoms with E-state index in [-0.39, 0.29) is 0 Å². The van der Waals surface area contributed by atoms with Crippen LogP contribution < -0.4 is 5.73 Å². The lowest BCUT2D eigenvalue weighted by molar-refractivity contribution is 0.197. The molecule has 2 nitrogen and oxygen atoms in total. The molecule has 1 heterocycles. The quantitative estimate of drug-likeness (QED) is 0.791. The number of hydrogen-bond acceptors (Lipinski definition) is 2. The first-order chi connectivity index (χ1) is 8.94. The van der Waals surface area contributed by atoms with E-state index in [1.54, 1.807) is 0 Å². The zero-order valence-corrected chi connectivity index (χ0v) is 13.8. The molecule has 0 aromatic carbocycles. The van der Waals surface area contributed by atoms with Gasteiger partial charge in [0.2, 0.25) is 0 Å². The first-order valence-corrected chi connectivity index (χ1v) is 8.37. The fourth-order valence-corrected chi connectivity index (χ4v) is 3.56. The lowest BCUT2D eigenvalue weighted by Crippen LogP contribution is -2.35. The van der Waals surface area contributed by atoms with Crippen LogP contribution in [-0.4, -0.2) is 31.1 Å². The molecule has 1 rings (SSSR count). The second-order valence-corrected chi connectivity index (χ2v) is 7.75. The van der Waals surface area contributed by atoms with Crippen LogP contribution in [0.5, 0.6) is 0 Å². The summed E-state index contributed by atoms with van der Waals surface area (Å²) in [5.74, 6) is 1.65. The van der Waals surface area contributed by atoms with Gasteiger partial charge in [0.15, 0.2) is 0 Å². The first-order valence-electron chi connectivity index (χ1n) is 8.37. The molecule has 0 amide bonds. The predicted octanol–water partition coefficient (Wildman–Crippen LogP) is 3.90. The van der Waals surface area contributed by atoms with E-state index >= 15 is 0 Å². The van der Waals surface area contributed by atoms with E-state index in [1.807, 2.05) is 0 Å². The highest BCUT2D eigenvalue weighted by Gasteiger charge is 2.22. The number of likely N-dealkylation sites (tertiary alicyclic amines) is 1. The van der Waals surface area contributed by atoms with Crippen molar-refractivity contribution in [2.75, 3.05) is 26.2 Å². The zero-order valence-electron chi connectivity index (χ0n) is 13.8. The third-order valence-corrected chi connectivity index (χ3v) is 4.39. The SMILES string of the molecule is CCCC1CCCN(CC(CN)CC(C)(C)C)CC1. The van der Waals surface area contributed by atoms with Crippen molar-refractivity contribution in [1.29, 1.82) is 0 Å². The molecule has 2 N–H and O–H groups in total. The van der Waals surface area contributed by atoms with Crippen LogP contribution in [0, 0.1) is 17.3 Å². The van der Waals surface area contributed by atoms with Crippen molar-refractivity contribution in [2.24, 2.45) is 23.0 Å². The minimum Gasteiger partial charge on any atom is -0.330 e.